The van der Waals surface area contributed by atoms with E-state index in [0.717, 1.165) is 61.7 Å². The Morgan fingerprint density at radius 3 is 3.05 bits per heavy atom. The van der Waals surface area contributed by atoms with Crippen LogP contribution in [0.15, 0.2) is 23.1 Å². The Bertz CT molecular complexity index is 723. The second kappa shape index (κ2) is 6.40. The number of H-pyrrole nitrogens is 1. The third-order valence-electron chi connectivity index (χ3n) is 4.18. The van der Waals surface area contributed by atoms with Gasteiger partial charge in [0.15, 0.2) is 0 Å². The molecule has 22 heavy (non-hydrogen) atoms. The van der Waals surface area contributed by atoms with Gasteiger partial charge in [0, 0.05) is 37.8 Å². The molecule has 5 nitrogen and oxygen atoms in total. The van der Waals surface area contributed by atoms with E-state index >= 15 is 0 Å². The Kier molecular flexibility index (Phi) is 4.34. The molecule has 0 atom stereocenters. The molecule has 5 heteroatoms. The summed E-state index contributed by atoms with van der Waals surface area (Å²) in [7, 11) is 0. The van der Waals surface area contributed by atoms with Gasteiger partial charge in [-0.05, 0) is 31.4 Å². The minimum Gasteiger partial charge on any atom is -0.310 e. The zero-order chi connectivity index (χ0) is 15.5. The predicted molar refractivity (Wildman–Crippen MR) is 85.6 cm³/mol. The van der Waals surface area contributed by atoms with E-state index in [-0.39, 0.29) is 5.56 Å². The first-order valence-electron chi connectivity index (χ1n) is 7.91. The second-order valence-corrected chi connectivity index (χ2v) is 5.92. The highest BCUT2D eigenvalue weighted by Crippen LogP contribution is 2.17. The summed E-state index contributed by atoms with van der Waals surface area (Å²) in [4.78, 5) is 26.5. The van der Waals surface area contributed by atoms with Crippen LogP contribution in [0.2, 0.25) is 0 Å². The normalized spacial score (nSPS) is 14.8. The first-order chi connectivity index (χ1) is 10.7. The molecule has 0 saturated heterocycles. The molecular weight excluding hydrogens is 276 g/mol. The maximum Gasteiger partial charge on any atom is 0.254 e. The van der Waals surface area contributed by atoms with Crippen LogP contribution in [0.4, 0.5) is 0 Å². The summed E-state index contributed by atoms with van der Waals surface area (Å²) in [5, 5.41) is 0. The summed E-state index contributed by atoms with van der Waals surface area (Å²) in [5.41, 5.74) is 4.14. The third kappa shape index (κ3) is 3.09. The number of fused-ring (bicyclic) bond motifs is 1. The summed E-state index contributed by atoms with van der Waals surface area (Å²) in [6, 6.07) is 4.05. The number of aromatic amines is 1. The van der Waals surface area contributed by atoms with Crippen molar-refractivity contribution in [1.82, 2.24) is 19.9 Å². The summed E-state index contributed by atoms with van der Waals surface area (Å²) < 4.78 is 0. The monoisotopic (exact) mass is 298 g/mol. The third-order valence-corrected chi connectivity index (χ3v) is 4.18. The van der Waals surface area contributed by atoms with Gasteiger partial charge in [0.1, 0.15) is 5.82 Å². The molecular formula is C17H22N4O. The zero-order valence-electron chi connectivity index (χ0n) is 13.2. The maximum atomic E-state index is 12.2. The molecule has 0 radical (unpaired) electrons. The largest absolute Gasteiger partial charge is 0.310 e. The molecule has 1 aliphatic rings. The van der Waals surface area contributed by atoms with Crippen LogP contribution >= 0.6 is 0 Å². The number of hydrogen-bond acceptors (Lipinski definition) is 4. The average molecular weight is 298 g/mol. The lowest BCUT2D eigenvalue weighted by Gasteiger charge is -2.27. The molecule has 0 fully saturated rings. The Morgan fingerprint density at radius 2 is 2.27 bits per heavy atom. The highest BCUT2D eigenvalue weighted by atomic mass is 16.1. The summed E-state index contributed by atoms with van der Waals surface area (Å²) in [6.45, 7) is 6.59. The molecule has 2 aromatic rings. The smallest absolute Gasteiger partial charge is 0.254 e. The van der Waals surface area contributed by atoms with Crippen molar-refractivity contribution in [2.75, 3.05) is 6.54 Å². The number of nitrogens with one attached hydrogen (secondary N) is 1. The van der Waals surface area contributed by atoms with Crippen molar-refractivity contribution in [3.8, 4) is 0 Å². The SMILES string of the molecule is CCCc1nc2c(c(=O)[nH]1)CCN(Cc1ncccc1C)C2. The maximum absolute atomic E-state index is 12.2. The molecule has 3 heterocycles. The van der Waals surface area contributed by atoms with Gasteiger partial charge in [-0.2, -0.15) is 0 Å². The van der Waals surface area contributed by atoms with Crippen LogP contribution in [0, 0.1) is 6.92 Å². The Hall–Kier alpha value is -2.01. The van der Waals surface area contributed by atoms with E-state index in [2.05, 4.69) is 39.8 Å². The van der Waals surface area contributed by atoms with Crippen molar-refractivity contribution >= 4 is 0 Å². The number of aryl methyl sites for hydroxylation is 2. The fraction of sp³-hybridized carbons (Fsp3) is 0.471. The van der Waals surface area contributed by atoms with Gasteiger partial charge < -0.3 is 4.98 Å². The highest BCUT2D eigenvalue weighted by molar-refractivity contribution is 5.22. The van der Waals surface area contributed by atoms with E-state index in [1.807, 2.05) is 12.3 Å². The molecule has 0 saturated carbocycles. The molecule has 0 aliphatic carbocycles. The number of hydrogen-bond donors (Lipinski definition) is 1. The fourth-order valence-electron chi connectivity index (χ4n) is 2.93. The van der Waals surface area contributed by atoms with Crippen LogP contribution in [0.25, 0.3) is 0 Å². The molecule has 0 aromatic carbocycles. The van der Waals surface area contributed by atoms with Gasteiger partial charge in [-0.25, -0.2) is 4.98 Å². The average Bonchev–Trinajstić information content (AvgIpc) is 2.50. The standard InChI is InChI=1S/C17H22N4O/c1-3-5-16-19-15-11-21(9-7-13(15)17(22)20-16)10-14-12(2)6-4-8-18-14/h4,6,8H,3,5,7,9-11H2,1-2H3,(H,19,20,22). The first-order valence-corrected chi connectivity index (χ1v) is 7.91. The van der Waals surface area contributed by atoms with Crippen molar-refractivity contribution in [3.05, 3.63) is 57.0 Å². The van der Waals surface area contributed by atoms with Gasteiger partial charge in [-0.3, -0.25) is 14.7 Å². The van der Waals surface area contributed by atoms with Crippen molar-refractivity contribution in [2.24, 2.45) is 0 Å². The van der Waals surface area contributed by atoms with E-state index in [9.17, 15) is 4.79 Å². The second-order valence-electron chi connectivity index (χ2n) is 5.92. The molecule has 0 unspecified atom stereocenters. The topological polar surface area (TPSA) is 61.9 Å². The van der Waals surface area contributed by atoms with Gasteiger partial charge in [0.2, 0.25) is 0 Å². The van der Waals surface area contributed by atoms with Crippen LogP contribution in [0.3, 0.4) is 0 Å². The van der Waals surface area contributed by atoms with E-state index in [1.54, 1.807) is 0 Å². The molecule has 0 bridgehead atoms. The molecule has 1 aliphatic heterocycles. The quantitative estimate of drug-likeness (QED) is 0.937. The number of rotatable bonds is 4. The van der Waals surface area contributed by atoms with Gasteiger partial charge in [0.25, 0.3) is 5.56 Å². The van der Waals surface area contributed by atoms with Crippen LogP contribution in [-0.2, 0) is 25.9 Å². The van der Waals surface area contributed by atoms with Crippen LogP contribution < -0.4 is 5.56 Å². The minimum atomic E-state index is 0.0436. The summed E-state index contributed by atoms with van der Waals surface area (Å²) in [5.74, 6) is 0.808. The lowest BCUT2D eigenvalue weighted by molar-refractivity contribution is 0.236. The highest BCUT2D eigenvalue weighted by Gasteiger charge is 2.21. The Balaban J connectivity index is 1.81. The molecule has 3 rings (SSSR count). The minimum absolute atomic E-state index is 0.0436. The van der Waals surface area contributed by atoms with E-state index in [4.69, 9.17) is 0 Å². The summed E-state index contributed by atoms with van der Waals surface area (Å²) in [6.07, 6.45) is 4.40. The lowest BCUT2D eigenvalue weighted by Crippen LogP contribution is -2.35. The van der Waals surface area contributed by atoms with Crippen molar-refractivity contribution in [3.63, 3.8) is 0 Å². The van der Waals surface area contributed by atoms with Gasteiger partial charge in [-0.15, -0.1) is 0 Å². The predicted octanol–water partition coefficient (Wildman–Crippen LogP) is 1.98. The van der Waals surface area contributed by atoms with Gasteiger partial charge >= 0.3 is 0 Å². The Morgan fingerprint density at radius 1 is 1.41 bits per heavy atom. The molecule has 2 aromatic heterocycles. The van der Waals surface area contributed by atoms with Crippen LogP contribution in [0.1, 0.15) is 41.7 Å². The van der Waals surface area contributed by atoms with Crippen molar-refractivity contribution in [1.29, 1.82) is 0 Å². The zero-order valence-corrected chi connectivity index (χ0v) is 13.2. The first kappa shape index (κ1) is 14.9. The van der Waals surface area contributed by atoms with E-state index in [0.29, 0.717) is 0 Å². The molecule has 0 spiro atoms. The number of nitrogens with zero attached hydrogens (tertiary/aromatic N) is 3. The van der Waals surface area contributed by atoms with Crippen LogP contribution in [0.5, 0.6) is 0 Å². The van der Waals surface area contributed by atoms with Crippen molar-refractivity contribution < 1.29 is 0 Å². The molecule has 1 N–H and O–H groups in total. The summed E-state index contributed by atoms with van der Waals surface area (Å²) >= 11 is 0. The van der Waals surface area contributed by atoms with Gasteiger partial charge in [0.05, 0.1) is 11.4 Å². The lowest BCUT2D eigenvalue weighted by atomic mass is 10.1. The fourth-order valence-corrected chi connectivity index (χ4v) is 2.93. The molecule has 0 amide bonds. The number of pyridine rings is 1. The Labute approximate surface area is 130 Å². The van der Waals surface area contributed by atoms with E-state index < -0.39 is 0 Å². The van der Waals surface area contributed by atoms with Crippen LogP contribution in [-0.4, -0.2) is 26.4 Å². The van der Waals surface area contributed by atoms with Crippen molar-refractivity contribution in [2.45, 2.75) is 46.2 Å². The number of aromatic nitrogens is 3. The van der Waals surface area contributed by atoms with Gasteiger partial charge in [-0.1, -0.05) is 13.0 Å². The molecule has 116 valence electrons. The van der Waals surface area contributed by atoms with E-state index in [1.165, 1.54) is 5.56 Å².